The Labute approximate surface area is 207 Å². The Morgan fingerprint density at radius 1 is 0.778 bits per heavy atom. The van der Waals surface area contributed by atoms with Crippen LogP contribution in [0.4, 0.5) is 24.8 Å². The average molecular weight is 520 g/mol. The summed E-state index contributed by atoms with van der Waals surface area (Å²) in [5, 5.41) is 0. The van der Waals surface area contributed by atoms with E-state index in [-0.39, 0.29) is 32.2 Å². The SMILES string of the molecule is O=S(=O)(c1cc(F)c(F)cc1F)N1CCN(c2nccc(-c3ccc(N4CCOCC4)cc3)n2)CC1. The molecule has 0 radical (unpaired) electrons. The number of nitrogens with zero attached hydrogens (tertiary/aromatic N) is 5. The molecule has 2 fully saturated rings. The van der Waals surface area contributed by atoms with Crippen LogP contribution in [0.2, 0.25) is 0 Å². The highest BCUT2D eigenvalue weighted by atomic mass is 32.2. The maximum absolute atomic E-state index is 14.1. The lowest BCUT2D eigenvalue weighted by Crippen LogP contribution is -2.49. The van der Waals surface area contributed by atoms with Gasteiger partial charge in [0, 0.05) is 62.8 Å². The van der Waals surface area contributed by atoms with Crippen LogP contribution in [0.25, 0.3) is 11.3 Å². The topological polar surface area (TPSA) is 78.9 Å². The molecule has 3 aromatic rings. The Hall–Kier alpha value is -3.22. The number of piperazine rings is 1. The molecule has 12 heteroatoms. The standard InChI is InChI=1S/C24H24F3N5O3S/c25-19-15-21(27)23(16-20(19)26)36(33,34)32-9-7-31(8-10-32)24-28-6-5-22(29-24)17-1-3-18(4-2-17)30-11-13-35-14-12-30/h1-6,15-16H,7-14H2. The second-order valence-electron chi connectivity index (χ2n) is 8.48. The molecule has 2 aliphatic heterocycles. The van der Waals surface area contributed by atoms with Gasteiger partial charge >= 0.3 is 0 Å². The van der Waals surface area contributed by atoms with Crippen molar-refractivity contribution >= 4 is 21.7 Å². The normalized spacial score (nSPS) is 17.4. The summed E-state index contributed by atoms with van der Waals surface area (Å²) in [4.78, 5) is 12.2. The van der Waals surface area contributed by atoms with Crippen molar-refractivity contribution < 1.29 is 26.3 Å². The quantitative estimate of drug-likeness (QED) is 0.480. The number of aromatic nitrogens is 2. The number of benzene rings is 2. The first-order valence-electron chi connectivity index (χ1n) is 11.5. The number of ether oxygens (including phenoxy) is 1. The molecule has 0 bridgehead atoms. The van der Waals surface area contributed by atoms with Crippen molar-refractivity contribution in [2.75, 3.05) is 62.3 Å². The van der Waals surface area contributed by atoms with E-state index in [1.807, 2.05) is 29.2 Å². The molecule has 8 nitrogen and oxygen atoms in total. The van der Waals surface area contributed by atoms with Crippen molar-refractivity contribution in [3.8, 4) is 11.3 Å². The molecule has 0 aliphatic carbocycles. The molecule has 5 rings (SSSR count). The van der Waals surface area contributed by atoms with Crippen molar-refractivity contribution in [3.63, 3.8) is 0 Å². The van der Waals surface area contributed by atoms with Crippen LogP contribution < -0.4 is 9.80 Å². The summed E-state index contributed by atoms with van der Waals surface area (Å²) in [5.41, 5.74) is 2.77. The van der Waals surface area contributed by atoms with Crippen LogP contribution in [-0.4, -0.2) is 75.2 Å². The number of hydrogen-bond acceptors (Lipinski definition) is 7. The van der Waals surface area contributed by atoms with E-state index in [0.29, 0.717) is 25.2 Å². The van der Waals surface area contributed by atoms with Crippen molar-refractivity contribution in [2.45, 2.75) is 4.90 Å². The molecule has 0 spiro atoms. The third-order valence-corrected chi connectivity index (χ3v) is 8.21. The van der Waals surface area contributed by atoms with Gasteiger partial charge in [0.1, 0.15) is 10.7 Å². The molecular formula is C24H24F3N5O3S. The maximum Gasteiger partial charge on any atom is 0.246 e. The lowest BCUT2D eigenvalue weighted by molar-refractivity contribution is 0.122. The van der Waals surface area contributed by atoms with Crippen molar-refractivity contribution in [2.24, 2.45) is 0 Å². The number of rotatable bonds is 5. The molecule has 36 heavy (non-hydrogen) atoms. The van der Waals surface area contributed by atoms with Crippen molar-refractivity contribution in [1.29, 1.82) is 0 Å². The van der Waals surface area contributed by atoms with E-state index < -0.39 is 32.4 Å². The Kier molecular flexibility index (Phi) is 6.82. The number of sulfonamides is 1. The number of anilines is 2. The first kappa shape index (κ1) is 24.5. The fourth-order valence-corrected chi connectivity index (χ4v) is 5.78. The second-order valence-corrected chi connectivity index (χ2v) is 10.4. The smallest absolute Gasteiger partial charge is 0.246 e. The Bertz CT molecular complexity index is 1340. The molecule has 0 saturated carbocycles. The summed E-state index contributed by atoms with van der Waals surface area (Å²) in [5.74, 6) is -3.74. The van der Waals surface area contributed by atoms with Crippen LogP contribution in [0.3, 0.4) is 0 Å². The average Bonchev–Trinajstić information content (AvgIpc) is 2.91. The fraction of sp³-hybridized carbons (Fsp3) is 0.333. The highest BCUT2D eigenvalue weighted by molar-refractivity contribution is 7.89. The minimum atomic E-state index is -4.33. The van der Waals surface area contributed by atoms with Gasteiger partial charge < -0.3 is 14.5 Å². The van der Waals surface area contributed by atoms with Gasteiger partial charge in [0.2, 0.25) is 16.0 Å². The highest BCUT2D eigenvalue weighted by Crippen LogP contribution is 2.26. The first-order chi connectivity index (χ1) is 17.3. The van der Waals surface area contributed by atoms with Gasteiger partial charge in [-0.25, -0.2) is 31.6 Å². The minimum Gasteiger partial charge on any atom is -0.378 e. The number of hydrogen-bond donors (Lipinski definition) is 0. The zero-order valence-electron chi connectivity index (χ0n) is 19.3. The summed E-state index contributed by atoms with van der Waals surface area (Å²) in [6, 6.07) is 10.5. The Morgan fingerprint density at radius 2 is 1.44 bits per heavy atom. The Balaban J connectivity index is 1.27. The van der Waals surface area contributed by atoms with Gasteiger partial charge in [-0.2, -0.15) is 4.31 Å². The second kappa shape index (κ2) is 10.0. The molecule has 0 unspecified atom stereocenters. The lowest BCUT2D eigenvalue weighted by atomic mass is 10.1. The van der Waals surface area contributed by atoms with Gasteiger partial charge in [-0.3, -0.25) is 0 Å². The van der Waals surface area contributed by atoms with Crippen LogP contribution in [0, 0.1) is 17.5 Å². The summed E-state index contributed by atoms with van der Waals surface area (Å²) >= 11 is 0. The van der Waals surface area contributed by atoms with Gasteiger partial charge in [-0.15, -0.1) is 0 Å². The number of halogens is 3. The monoisotopic (exact) mass is 519 g/mol. The van der Waals surface area contributed by atoms with Crippen LogP contribution in [-0.2, 0) is 14.8 Å². The van der Waals surface area contributed by atoms with E-state index in [4.69, 9.17) is 4.74 Å². The summed E-state index contributed by atoms with van der Waals surface area (Å²) in [6.45, 7) is 3.66. The van der Waals surface area contributed by atoms with Gasteiger partial charge in [0.25, 0.3) is 0 Å². The van der Waals surface area contributed by atoms with E-state index >= 15 is 0 Å². The third kappa shape index (κ3) is 4.88. The molecule has 2 saturated heterocycles. The van der Waals surface area contributed by atoms with Crippen LogP contribution in [0.5, 0.6) is 0 Å². The van der Waals surface area contributed by atoms with Crippen LogP contribution in [0.1, 0.15) is 0 Å². The highest BCUT2D eigenvalue weighted by Gasteiger charge is 2.32. The van der Waals surface area contributed by atoms with Gasteiger partial charge in [-0.1, -0.05) is 12.1 Å². The van der Waals surface area contributed by atoms with E-state index in [1.54, 1.807) is 12.3 Å². The summed E-state index contributed by atoms with van der Waals surface area (Å²) in [6.07, 6.45) is 1.65. The molecule has 3 heterocycles. The van der Waals surface area contributed by atoms with Gasteiger partial charge in [0.15, 0.2) is 11.6 Å². The predicted octanol–water partition coefficient (Wildman–Crippen LogP) is 2.91. The molecule has 0 N–H and O–H groups in total. The fourth-order valence-electron chi connectivity index (χ4n) is 4.30. The third-order valence-electron chi connectivity index (χ3n) is 6.30. The molecule has 2 aliphatic rings. The Morgan fingerprint density at radius 3 is 2.14 bits per heavy atom. The van der Waals surface area contributed by atoms with E-state index in [1.165, 1.54) is 0 Å². The van der Waals surface area contributed by atoms with Gasteiger partial charge in [0.05, 0.1) is 18.9 Å². The van der Waals surface area contributed by atoms with E-state index in [0.717, 1.165) is 34.3 Å². The zero-order chi connectivity index (χ0) is 25.3. The maximum atomic E-state index is 14.1. The van der Waals surface area contributed by atoms with Crippen LogP contribution in [0.15, 0.2) is 53.6 Å². The van der Waals surface area contributed by atoms with Crippen molar-refractivity contribution in [3.05, 3.63) is 66.1 Å². The summed E-state index contributed by atoms with van der Waals surface area (Å²) < 4.78 is 73.0. The van der Waals surface area contributed by atoms with Crippen LogP contribution >= 0.6 is 0 Å². The largest absolute Gasteiger partial charge is 0.378 e. The predicted molar refractivity (Wildman–Crippen MR) is 128 cm³/mol. The molecule has 2 aromatic carbocycles. The van der Waals surface area contributed by atoms with Crippen molar-refractivity contribution in [1.82, 2.24) is 14.3 Å². The molecule has 1 aromatic heterocycles. The number of morpholine rings is 1. The zero-order valence-corrected chi connectivity index (χ0v) is 20.1. The molecule has 0 amide bonds. The minimum absolute atomic E-state index is 0.0165. The summed E-state index contributed by atoms with van der Waals surface area (Å²) in [7, 11) is -4.33. The van der Waals surface area contributed by atoms with E-state index in [2.05, 4.69) is 14.9 Å². The van der Waals surface area contributed by atoms with E-state index in [9.17, 15) is 21.6 Å². The van der Waals surface area contributed by atoms with Gasteiger partial charge in [-0.05, 0) is 24.3 Å². The molecule has 190 valence electrons. The molecular weight excluding hydrogens is 495 g/mol. The first-order valence-corrected chi connectivity index (χ1v) is 12.9. The lowest BCUT2D eigenvalue weighted by Gasteiger charge is -2.34. The molecule has 0 atom stereocenters.